The van der Waals surface area contributed by atoms with Gasteiger partial charge in [-0.15, -0.1) is 0 Å². The second-order valence-corrected chi connectivity index (χ2v) is 6.11. The average Bonchev–Trinajstić information content (AvgIpc) is 2.96. The lowest BCUT2D eigenvalue weighted by molar-refractivity contribution is -0.122. The van der Waals surface area contributed by atoms with E-state index < -0.39 is 6.04 Å². The SMILES string of the molecule is C[C@@H](N)C(=O)NC1CC(=O)N(c2ccc(Oc3ccccc3)cc2)C1. The lowest BCUT2D eigenvalue weighted by atomic mass is 10.2. The lowest BCUT2D eigenvalue weighted by Gasteiger charge is -2.18. The number of ether oxygens (including phenoxy) is 1. The molecule has 3 N–H and O–H groups in total. The number of rotatable bonds is 5. The fourth-order valence-corrected chi connectivity index (χ4v) is 2.71. The third-order valence-electron chi connectivity index (χ3n) is 4.01. The molecule has 6 nitrogen and oxygen atoms in total. The molecule has 1 fully saturated rings. The van der Waals surface area contributed by atoms with Gasteiger partial charge in [0.1, 0.15) is 11.5 Å². The number of para-hydroxylation sites is 1. The monoisotopic (exact) mass is 339 g/mol. The summed E-state index contributed by atoms with van der Waals surface area (Å²) in [5.41, 5.74) is 6.33. The number of nitrogens with zero attached hydrogens (tertiary/aromatic N) is 1. The number of hydrogen-bond acceptors (Lipinski definition) is 4. The quantitative estimate of drug-likeness (QED) is 0.873. The summed E-state index contributed by atoms with van der Waals surface area (Å²) in [5, 5.41) is 2.80. The molecule has 1 aliphatic rings. The highest BCUT2D eigenvalue weighted by Crippen LogP contribution is 2.26. The van der Waals surface area contributed by atoms with Gasteiger partial charge in [0.25, 0.3) is 0 Å². The van der Waals surface area contributed by atoms with Gasteiger partial charge in [-0.1, -0.05) is 18.2 Å². The molecule has 1 saturated heterocycles. The number of anilines is 1. The summed E-state index contributed by atoms with van der Waals surface area (Å²) in [5.74, 6) is 1.19. The second kappa shape index (κ2) is 7.36. The van der Waals surface area contributed by atoms with Crippen LogP contribution in [0.15, 0.2) is 54.6 Å². The Morgan fingerprint density at radius 3 is 2.44 bits per heavy atom. The zero-order chi connectivity index (χ0) is 17.8. The second-order valence-electron chi connectivity index (χ2n) is 6.11. The van der Waals surface area contributed by atoms with E-state index in [2.05, 4.69) is 5.32 Å². The molecule has 2 atom stereocenters. The fourth-order valence-electron chi connectivity index (χ4n) is 2.71. The number of nitrogens with two attached hydrogens (primary N) is 1. The van der Waals surface area contributed by atoms with Crippen molar-refractivity contribution in [1.82, 2.24) is 5.32 Å². The van der Waals surface area contributed by atoms with Gasteiger partial charge in [0.15, 0.2) is 0 Å². The van der Waals surface area contributed by atoms with Crippen molar-refractivity contribution >= 4 is 17.5 Å². The Balaban J connectivity index is 1.64. The molecule has 6 heteroatoms. The van der Waals surface area contributed by atoms with Gasteiger partial charge in [0.2, 0.25) is 11.8 Å². The Hall–Kier alpha value is -2.86. The molecule has 0 bridgehead atoms. The highest BCUT2D eigenvalue weighted by atomic mass is 16.5. The molecular weight excluding hydrogens is 318 g/mol. The molecule has 3 rings (SSSR count). The van der Waals surface area contributed by atoms with Crippen LogP contribution < -0.4 is 20.7 Å². The number of benzene rings is 2. The molecule has 130 valence electrons. The van der Waals surface area contributed by atoms with Gasteiger partial charge in [-0.25, -0.2) is 0 Å². The van der Waals surface area contributed by atoms with Crippen LogP contribution in [-0.4, -0.2) is 30.4 Å². The molecule has 0 aliphatic carbocycles. The molecule has 0 spiro atoms. The van der Waals surface area contributed by atoms with Crippen LogP contribution in [0, 0.1) is 0 Å². The third kappa shape index (κ3) is 4.16. The van der Waals surface area contributed by atoms with E-state index in [0.717, 1.165) is 11.4 Å². The van der Waals surface area contributed by atoms with Gasteiger partial charge in [-0.2, -0.15) is 0 Å². The van der Waals surface area contributed by atoms with Crippen LogP contribution in [0.25, 0.3) is 0 Å². The van der Waals surface area contributed by atoms with Gasteiger partial charge < -0.3 is 20.7 Å². The van der Waals surface area contributed by atoms with Crippen molar-refractivity contribution in [3.8, 4) is 11.5 Å². The van der Waals surface area contributed by atoms with E-state index in [4.69, 9.17) is 10.5 Å². The molecule has 0 aromatic heterocycles. The molecule has 1 aliphatic heterocycles. The van der Waals surface area contributed by atoms with Crippen molar-refractivity contribution < 1.29 is 14.3 Å². The van der Waals surface area contributed by atoms with E-state index in [-0.39, 0.29) is 24.3 Å². The summed E-state index contributed by atoms with van der Waals surface area (Å²) in [4.78, 5) is 25.6. The molecule has 2 amide bonds. The minimum absolute atomic E-state index is 0.0216. The fraction of sp³-hybridized carbons (Fsp3) is 0.263. The summed E-state index contributed by atoms with van der Waals surface area (Å²) in [7, 11) is 0. The molecule has 0 radical (unpaired) electrons. The summed E-state index contributed by atoms with van der Waals surface area (Å²) in [6, 6.07) is 16.0. The highest BCUT2D eigenvalue weighted by molar-refractivity contribution is 5.97. The maximum Gasteiger partial charge on any atom is 0.236 e. The lowest BCUT2D eigenvalue weighted by Crippen LogP contribution is -2.44. The smallest absolute Gasteiger partial charge is 0.236 e. The first-order valence-electron chi connectivity index (χ1n) is 8.22. The summed E-state index contributed by atoms with van der Waals surface area (Å²) >= 11 is 0. The normalized spacial score (nSPS) is 18.1. The number of carbonyl (C=O) groups excluding carboxylic acids is 2. The zero-order valence-corrected chi connectivity index (χ0v) is 14.0. The highest BCUT2D eigenvalue weighted by Gasteiger charge is 2.31. The molecule has 2 aromatic carbocycles. The van der Waals surface area contributed by atoms with E-state index in [1.54, 1.807) is 11.8 Å². The predicted molar refractivity (Wildman–Crippen MR) is 95.5 cm³/mol. The molecule has 25 heavy (non-hydrogen) atoms. The van der Waals surface area contributed by atoms with Crippen molar-refractivity contribution in [2.24, 2.45) is 5.73 Å². The first-order chi connectivity index (χ1) is 12.0. The van der Waals surface area contributed by atoms with Crippen LogP contribution in [0.1, 0.15) is 13.3 Å². The van der Waals surface area contributed by atoms with Gasteiger partial charge >= 0.3 is 0 Å². The minimum atomic E-state index is -0.585. The van der Waals surface area contributed by atoms with E-state index >= 15 is 0 Å². The molecule has 2 aromatic rings. The Morgan fingerprint density at radius 1 is 1.16 bits per heavy atom. The Bertz CT molecular complexity index is 744. The number of carbonyl (C=O) groups is 2. The van der Waals surface area contributed by atoms with Crippen LogP contribution in [0.2, 0.25) is 0 Å². The number of amides is 2. The van der Waals surface area contributed by atoms with Crippen LogP contribution in [0.4, 0.5) is 5.69 Å². The maximum atomic E-state index is 12.2. The van der Waals surface area contributed by atoms with Crippen molar-refractivity contribution in [1.29, 1.82) is 0 Å². The maximum absolute atomic E-state index is 12.2. The predicted octanol–water partition coefficient (Wildman–Crippen LogP) is 2.05. The van der Waals surface area contributed by atoms with E-state index in [9.17, 15) is 9.59 Å². The van der Waals surface area contributed by atoms with E-state index in [1.165, 1.54) is 0 Å². The Labute approximate surface area is 146 Å². The zero-order valence-electron chi connectivity index (χ0n) is 14.0. The standard InChI is InChI=1S/C19H21N3O3/c1-13(20)19(24)21-14-11-18(23)22(12-14)15-7-9-17(10-8-15)25-16-5-3-2-4-6-16/h2-10,13-14H,11-12,20H2,1H3,(H,21,24)/t13-,14?/m1/s1. The first kappa shape index (κ1) is 17.0. The molecule has 1 unspecified atom stereocenters. The van der Waals surface area contributed by atoms with Crippen LogP contribution >= 0.6 is 0 Å². The summed E-state index contributed by atoms with van der Waals surface area (Å²) in [6.45, 7) is 2.06. The Morgan fingerprint density at radius 2 is 1.80 bits per heavy atom. The van der Waals surface area contributed by atoms with Crippen molar-refractivity contribution in [3.05, 3.63) is 54.6 Å². The minimum Gasteiger partial charge on any atom is -0.457 e. The summed E-state index contributed by atoms with van der Waals surface area (Å²) < 4.78 is 5.75. The topological polar surface area (TPSA) is 84.7 Å². The van der Waals surface area contributed by atoms with Crippen molar-refractivity contribution in [2.75, 3.05) is 11.4 Å². The van der Waals surface area contributed by atoms with E-state index in [0.29, 0.717) is 12.3 Å². The van der Waals surface area contributed by atoms with Crippen LogP contribution in [-0.2, 0) is 9.59 Å². The van der Waals surface area contributed by atoms with Gasteiger partial charge in [-0.3, -0.25) is 9.59 Å². The first-order valence-corrected chi connectivity index (χ1v) is 8.22. The van der Waals surface area contributed by atoms with Gasteiger partial charge in [-0.05, 0) is 43.3 Å². The van der Waals surface area contributed by atoms with Crippen LogP contribution in [0.3, 0.4) is 0 Å². The van der Waals surface area contributed by atoms with Crippen molar-refractivity contribution in [3.63, 3.8) is 0 Å². The van der Waals surface area contributed by atoms with E-state index in [1.807, 2.05) is 54.6 Å². The van der Waals surface area contributed by atoms with Crippen LogP contribution in [0.5, 0.6) is 11.5 Å². The van der Waals surface area contributed by atoms with Gasteiger partial charge in [0, 0.05) is 18.7 Å². The largest absolute Gasteiger partial charge is 0.457 e. The molecule has 1 heterocycles. The average molecular weight is 339 g/mol. The molecule has 0 saturated carbocycles. The number of nitrogens with one attached hydrogen (secondary N) is 1. The molecular formula is C19H21N3O3. The number of hydrogen-bond donors (Lipinski definition) is 2. The third-order valence-corrected chi connectivity index (χ3v) is 4.01. The van der Waals surface area contributed by atoms with Gasteiger partial charge in [0.05, 0.1) is 12.1 Å². The Kier molecular flexibility index (Phi) is 5.00. The summed E-state index contributed by atoms with van der Waals surface area (Å²) in [6.07, 6.45) is 0.278. The van der Waals surface area contributed by atoms with Crippen molar-refractivity contribution in [2.45, 2.75) is 25.4 Å².